The molecule has 198 valence electrons. The quantitative estimate of drug-likeness (QED) is 0.246. The fourth-order valence-electron chi connectivity index (χ4n) is 4.09. The highest BCUT2D eigenvalue weighted by Gasteiger charge is 2.34. The third kappa shape index (κ3) is 4.82. The summed E-state index contributed by atoms with van der Waals surface area (Å²) in [6.45, 7) is 3.46. The number of carbonyl (C=O) groups excluding carboxylic acids is 1. The number of phenols is 1. The zero-order valence-corrected chi connectivity index (χ0v) is 23.1. The molecule has 38 heavy (non-hydrogen) atoms. The van der Waals surface area contributed by atoms with E-state index < -0.39 is 22.5 Å². The molecule has 0 radical (unpaired) electrons. The maximum absolute atomic E-state index is 13.8. The number of nitro groups is 1. The number of methoxy groups -OCH3 is 2. The normalized spacial score (nSPS) is 15.1. The number of allylic oxidation sites excluding steroid dienone is 1. The van der Waals surface area contributed by atoms with Gasteiger partial charge in [0.25, 0.3) is 11.2 Å². The van der Waals surface area contributed by atoms with Crippen LogP contribution in [0.25, 0.3) is 6.08 Å². The first kappa shape index (κ1) is 27.1. The van der Waals surface area contributed by atoms with Crippen molar-refractivity contribution in [3.05, 3.63) is 87.0 Å². The molecule has 1 N–H and O–H groups in total. The summed E-state index contributed by atoms with van der Waals surface area (Å²) in [6, 6.07) is 6.48. The van der Waals surface area contributed by atoms with Crippen LogP contribution >= 0.6 is 27.3 Å². The van der Waals surface area contributed by atoms with E-state index in [0.717, 1.165) is 11.3 Å². The van der Waals surface area contributed by atoms with E-state index in [1.165, 1.54) is 37.0 Å². The highest BCUT2D eigenvalue weighted by atomic mass is 79.9. The predicted octanol–water partition coefficient (Wildman–Crippen LogP) is 3.19. The molecule has 3 aromatic rings. The van der Waals surface area contributed by atoms with Crippen LogP contribution in [0.3, 0.4) is 0 Å². The van der Waals surface area contributed by atoms with Crippen LogP contribution in [-0.2, 0) is 9.53 Å². The van der Waals surface area contributed by atoms with Gasteiger partial charge in [-0.25, -0.2) is 9.79 Å². The van der Waals surface area contributed by atoms with E-state index in [1.807, 2.05) is 0 Å². The Hall–Kier alpha value is -3.97. The molecule has 0 saturated heterocycles. The Bertz CT molecular complexity index is 1670. The van der Waals surface area contributed by atoms with Crippen molar-refractivity contribution < 1.29 is 29.0 Å². The number of phenolic OH excluding ortho intramolecular Hbond substituents is 1. The number of halogens is 1. The van der Waals surface area contributed by atoms with Gasteiger partial charge in [-0.3, -0.25) is 19.5 Å². The molecule has 0 fully saturated rings. The van der Waals surface area contributed by atoms with Crippen LogP contribution in [0, 0.1) is 10.1 Å². The Kier molecular flexibility index (Phi) is 7.69. The molecule has 13 heteroatoms. The number of benzene rings is 2. The van der Waals surface area contributed by atoms with Crippen LogP contribution in [0.4, 0.5) is 5.69 Å². The Morgan fingerprint density at radius 3 is 2.61 bits per heavy atom. The summed E-state index contributed by atoms with van der Waals surface area (Å²) in [5, 5.41) is 21.8. The van der Waals surface area contributed by atoms with Gasteiger partial charge in [-0.05, 0) is 53.5 Å². The lowest BCUT2D eigenvalue weighted by Crippen LogP contribution is -2.40. The lowest BCUT2D eigenvalue weighted by atomic mass is 9.95. The van der Waals surface area contributed by atoms with Crippen molar-refractivity contribution in [2.75, 3.05) is 20.8 Å². The van der Waals surface area contributed by atoms with Gasteiger partial charge in [0, 0.05) is 17.7 Å². The first-order valence-corrected chi connectivity index (χ1v) is 12.8. The van der Waals surface area contributed by atoms with Crippen LogP contribution in [0.2, 0.25) is 0 Å². The number of non-ortho nitro benzene ring substituents is 1. The van der Waals surface area contributed by atoms with Crippen LogP contribution in [-0.4, -0.2) is 41.4 Å². The number of carbonyl (C=O) groups is 1. The summed E-state index contributed by atoms with van der Waals surface area (Å²) in [4.78, 5) is 42.3. The highest BCUT2D eigenvalue weighted by Crippen LogP contribution is 2.36. The largest absolute Gasteiger partial charge is 0.506 e. The number of esters is 1. The van der Waals surface area contributed by atoms with Gasteiger partial charge in [0.1, 0.15) is 5.75 Å². The van der Waals surface area contributed by atoms with Crippen LogP contribution in [0.1, 0.15) is 31.0 Å². The SMILES string of the molecule is CCOC(=O)C1=C(C)N=c2s/c(=C\c3cc([N+](=O)[O-])cc(Br)c3O)c(=O)n2[C@H]1c1ccc(OC)c(OC)c1. The average molecular weight is 604 g/mol. The van der Waals surface area contributed by atoms with E-state index >= 15 is 0 Å². The molecule has 0 bridgehead atoms. The molecule has 0 spiro atoms. The van der Waals surface area contributed by atoms with Crippen molar-refractivity contribution in [2.24, 2.45) is 4.99 Å². The topological polar surface area (TPSA) is 142 Å². The summed E-state index contributed by atoms with van der Waals surface area (Å²) in [5.74, 6) is -0.0190. The second-order valence-corrected chi connectivity index (χ2v) is 9.90. The second-order valence-electron chi connectivity index (χ2n) is 8.04. The summed E-state index contributed by atoms with van der Waals surface area (Å²) < 4.78 is 17.7. The van der Waals surface area contributed by atoms with Gasteiger partial charge in [0.2, 0.25) is 0 Å². The van der Waals surface area contributed by atoms with Gasteiger partial charge < -0.3 is 19.3 Å². The van der Waals surface area contributed by atoms with Gasteiger partial charge in [0.15, 0.2) is 16.3 Å². The number of ether oxygens (including phenoxy) is 3. The van der Waals surface area contributed by atoms with Crippen LogP contribution in [0.5, 0.6) is 17.2 Å². The maximum Gasteiger partial charge on any atom is 0.338 e. The molecule has 2 heterocycles. The number of rotatable bonds is 7. The standard InChI is InChI=1S/C25H22BrN3O8S/c1-5-37-24(32)20-12(2)27-25-28(21(20)13-6-7-17(35-3)18(9-13)36-4)23(31)19(38-25)10-14-8-15(29(33)34)11-16(26)22(14)30/h6-11,21,30H,5H2,1-4H3/b19-10-/t21-/m0/s1. The number of aromatic nitrogens is 1. The molecule has 1 atom stereocenters. The number of thiazole rings is 1. The van der Waals surface area contributed by atoms with E-state index in [1.54, 1.807) is 32.0 Å². The number of aromatic hydroxyl groups is 1. The summed E-state index contributed by atoms with van der Waals surface area (Å²) >= 11 is 4.14. The van der Waals surface area contributed by atoms with Gasteiger partial charge in [-0.15, -0.1) is 0 Å². The van der Waals surface area contributed by atoms with Crippen molar-refractivity contribution in [3.8, 4) is 17.2 Å². The van der Waals surface area contributed by atoms with Gasteiger partial charge in [-0.1, -0.05) is 17.4 Å². The molecule has 11 nitrogen and oxygen atoms in total. The van der Waals surface area contributed by atoms with Gasteiger partial charge in [0.05, 0.1) is 52.1 Å². The Morgan fingerprint density at radius 1 is 1.26 bits per heavy atom. The summed E-state index contributed by atoms with van der Waals surface area (Å²) in [5.41, 5.74) is 0.395. The minimum absolute atomic E-state index is 0.0698. The van der Waals surface area contributed by atoms with E-state index in [-0.39, 0.29) is 38.2 Å². The first-order chi connectivity index (χ1) is 18.1. The van der Waals surface area contributed by atoms with Gasteiger partial charge >= 0.3 is 5.97 Å². The second kappa shape index (κ2) is 10.8. The minimum atomic E-state index is -0.905. The van der Waals surface area contributed by atoms with Crippen molar-refractivity contribution in [3.63, 3.8) is 0 Å². The molecule has 1 aliphatic heterocycles. The lowest BCUT2D eigenvalue weighted by molar-refractivity contribution is -0.385. The molecule has 4 rings (SSSR count). The van der Waals surface area contributed by atoms with Crippen LogP contribution in [0.15, 0.2) is 55.9 Å². The van der Waals surface area contributed by atoms with Crippen LogP contribution < -0.4 is 24.4 Å². The fourth-order valence-corrected chi connectivity index (χ4v) is 5.59. The van der Waals surface area contributed by atoms with Crippen molar-refractivity contribution in [2.45, 2.75) is 19.9 Å². The predicted molar refractivity (Wildman–Crippen MR) is 142 cm³/mol. The van der Waals surface area contributed by atoms with E-state index in [2.05, 4.69) is 20.9 Å². The van der Waals surface area contributed by atoms with Gasteiger partial charge in [-0.2, -0.15) is 0 Å². The molecule has 0 saturated carbocycles. The molecule has 0 unspecified atom stereocenters. The Labute approximate surface area is 228 Å². The Morgan fingerprint density at radius 2 is 1.97 bits per heavy atom. The van der Waals surface area contributed by atoms with Crippen molar-refractivity contribution in [1.29, 1.82) is 0 Å². The number of hydrogen-bond donors (Lipinski definition) is 1. The zero-order valence-electron chi connectivity index (χ0n) is 20.7. The number of nitro benzene ring substituents is 1. The third-order valence-corrected chi connectivity index (χ3v) is 7.40. The first-order valence-electron chi connectivity index (χ1n) is 11.2. The number of fused-ring (bicyclic) bond motifs is 1. The molecule has 1 aliphatic rings. The van der Waals surface area contributed by atoms with E-state index in [0.29, 0.717) is 27.6 Å². The Balaban J connectivity index is 2.00. The lowest BCUT2D eigenvalue weighted by Gasteiger charge is -2.25. The molecule has 0 aliphatic carbocycles. The van der Waals surface area contributed by atoms with Crippen molar-refractivity contribution in [1.82, 2.24) is 4.57 Å². The third-order valence-electron chi connectivity index (χ3n) is 5.82. The van der Waals surface area contributed by atoms with E-state index in [4.69, 9.17) is 14.2 Å². The molecular formula is C25H22BrN3O8S. The highest BCUT2D eigenvalue weighted by molar-refractivity contribution is 9.10. The molecule has 0 amide bonds. The smallest absolute Gasteiger partial charge is 0.338 e. The molecule has 2 aromatic carbocycles. The number of nitrogens with zero attached hydrogens (tertiary/aromatic N) is 3. The zero-order chi connectivity index (χ0) is 27.7. The fraction of sp³-hybridized carbons (Fsp3) is 0.240. The minimum Gasteiger partial charge on any atom is -0.506 e. The summed E-state index contributed by atoms with van der Waals surface area (Å²) in [7, 11) is 2.97. The number of hydrogen-bond acceptors (Lipinski definition) is 10. The maximum atomic E-state index is 13.8. The van der Waals surface area contributed by atoms with E-state index in [9.17, 15) is 24.8 Å². The van der Waals surface area contributed by atoms with Crippen molar-refractivity contribution >= 4 is 45.0 Å². The molecular weight excluding hydrogens is 582 g/mol. The molecule has 1 aromatic heterocycles. The average Bonchev–Trinajstić information content (AvgIpc) is 3.19. The monoisotopic (exact) mass is 603 g/mol. The summed E-state index contributed by atoms with van der Waals surface area (Å²) in [6.07, 6.45) is 1.35.